The number of methoxy groups -OCH3 is 1. The molecule has 0 bridgehead atoms. The maximum absolute atomic E-state index is 6.39. The Morgan fingerprint density at radius 2 is 1.81 bits per heavy atom. The summed E-state index contributed by atoms with van der Waals surface area (Å²) in [4.78, 5) is 0. The fraction of sp³-hybridized carbons (Fsp3) is 0.647. The molecular formula is C17H28ClNO2. The summed E-state index contributed by atoms with van der Waals surface area (Å²) in [7, 11) is 1.65. The van der Waals surface area contributed by atoms with Crippen molar-refractivity contribution in [2.24, 2.45) is 0 Å². The van der Waals surface area contributed by atoms with E-state index in [0.29, 0.717) is 16.5 Å². The van der Waals surface area contributed by atoms with Gasteiger partial charge in [0.25, 0.3) is 0 Å². The lowest BCUT2D eigenvalue weighted by Crippen LogP contribution is -2.35. The van der Waals surface area contributed by atoms with Crippen LogP contribution in [0.1, 0.15) is 53.0 Å². The second kappa shape index (κ2) is 7.90. The molecule has 0 atom stereocenters. The van der Waals surface area contributed by atoms with Crippen LogP contribution in [-0.4, -0.2) is 18.8 Å². The van der Waals surface area contributed by atoms with Crippen molar-refractivity contribution in [2.75, 3.05) is 7.11 Å². The molecule has 1 aromatic rings. The Hall–Kier alpha value is -0.930. The van der Waals surface area contributed by atoms with Crippen LogP contribution in [0, 0.1) is 0 Å². The number of benzene rings is 1. The summed E-state index contributed by atoms with van der Waals surface area (Å²) in [5.41, 5.74) is 1.15. The minimum Gasteiger partial charge on any atom is -0.493 e. The Kier molecular flexibility index (Phi) is 6.82. The SMILES string of the molecule is CCC(CC)Oc1c(Cl)cc(CNC(C)(C)C)cc1OC. The largest absolute Gasteiger partial charge is 0.493 e. The maximum atomic E-state index is 6.39. The minimum atomic E-state index is 0.0599. The molecule has 1 N–H and O–H groups in total. The molecule has 1 rings (SSSR count). The summed E-state index contributed by atoms with van der Waals surface area (Å²) in [6, 6.07) is 3.93. The first-order valence-corrected chi connectivity index (χ1v) is 7.96. The van der Waals surface area contributed by atoms with Gasteiger partial charge >= 0.3 is 0 Å². The quantitative estimate of drug-likeness (QED) is 0.784. The number of hydrogen-bond donors (Lipinski definition) is 1. The van der Waals surface area contributed by atoms with E-state index in [2.05, 4.69) is 39.9 Å². The van der Waals surface area contributed by atoms with Gasteiger partial charge in [-0.15, -0.1) is 0 Å². The molecule has 0 fully saturated rings. The van der Waals surface area contributed by atoms with Crippen molar-refractivity contribution in [1.82, 2.24) is 5.32 Å². The molecule has 0 aliphatic rings. The fourth-order valence-corrected chi connectivity index (χ4v) is 2.26. The number of rotatable bonds is 7. The van der Waals surface area contributed by atoms with Gasteiger partial charge in [-0.05, 0) is 51.3 Å². The third-order valence-corrected chi connectivity index (χ3v) is 3.59. The van der Waals surface area contributed by atoms with E-state index in [1.807, 2.05) is 12.1 Å². The smallest absolute Gasteiger partial charge is 0.180 e. The van der Waals surface area contributed by atoms with E-state index in [1.54, 1.807) is 7.11 Å². The molecule has 0 amide bonds. The van der Waals surface area contributed by atoms with Crippen molar-refractivity contribution >= 4 is 11.6 Å². The zero-order chi connectivity index (χ0) is 16.0. The normalized spacial score (nSPS) is 11.8. The molecule has 120 valence electrons. The van der Waals surface area contributed by atoms with Crippen LogP contribution in [0.5, 0.6) is 11.5 Å². The van der Waals surface area contributed by atoms with Crippen LogP contribution in [-0.2, 0) is 6.54 Å². The molecule has 0 unspecified atom stereocenters. The van der Waals surface area contributed by atoms with Crippen molar-refractivity contribution in [2.45, 2.75) is 65.6 Å². The van der Waals surface area contributed by atoms with Gasteiger partial charge < -0.3 is 14.8 Å². The first-order valence-electron chi connectivity index (χ1n) is 7.58. The summed E-state index contributed by atoms with van der Waals surface area (Å²) in [6.45, 7) is 11.4. The summed E-state index contributed by atoms with van der Waals surface area (Å²) >= 11 is 6.39. The second-order valence-electron chi connectivity index (χ2n) is 6.27. The van der Waals surface area contributed by atoms with Crippen LogP contribution in [0.4, 0.5) is 0 Å². The zero-order valence-electron chi connectivity index (χ0n) is 14.0. The average Bonchev–Trinajstić information content (AvgIpc) is 2.42. The van der Waals surface area contributed by atoms with Crippen molar-refractivity contribution in [3.63, 3.8) is 0 Å². The number of ether oxygens (including phenoxy) is 2. The lowest BCUT2D eigenvalue weighted by Gasteiger charge is -2.22. The van der Waals surface area contributed by atoms with E-state index in [1.165, 1.54) is 0 Å². The molecule has 1 aromatic carbocycles. The van der Waals surface area contributed by atoms with E-state index < -0.39 is 0 Å². The minimum absolute atomic E-state index is 0.0599. The molecule has 0 aromatic heterocycles. The van der Waals surface area contributed by atoms with Gasteiger partial charge in [-0.3, -0.25) is 0 Å². The molecule has 0 saturated heterocycles. The van der Waals surface area contributed by atoms with Crippen LogP contribution >= 0.6 is 11.6 Å². The molecule has 0 aliphatic carbocycles. The van der Waals surface area contributed by atoms with Crippen LogP contribution in [0.3, 0.4) is 0 Å². The molecule has 0 aliphatic heterocycles. The third kappa shape index (κ3) is 5.76. The van der Waals surface area contributed by atoms with Crippen LogP contribution in [0.25, 0.3) is 0 Å². The number of nitrogens with one attached hydrogen (secondary N) is 1. The Morgan fingerprint density at radius 1 is 1.19 bits per heavy atom. The van der Waals surface area contributed by atoms with Crippen LogP contribution in [0.2, 0.25) is 5.02 Å². The summed E-state index contributed by atoms with van der Waals surface area (Å²) in [5, 5.41) is 4.05. The predicted octanol–water partition coefficient (Wildman–Crippen LogP) is 4.80. The lowest BCUT2D eigenvalue weighted by molar-refractivity contribution is 0.185. The highest BCUT2D eigenvalue weighted by molar-refractivity contribution is 6.32. The first kappa shape index (κ1) is 18.1. The monoisotopic (exact) mass is 313 g/mol. The third-order valence-electron chi connectivity index (χ3n) is 3.31. The molecule has 4 heteroatoms. The zero-order valence-corrected chi connectivity index (χ0v) is 14.8. The topological polar surface area (TPSA) is 30.5 Å². The number of hydrogen-bond acceptors (Lipinski definition) is 3. The van der Waals surface area contributed by atoms with Crippen LogP contribution in [0.15, 0.2) is 12.1 Å². The van der Waals surface area contributed by atoms with Crippen molar-refractivity contribution in [1.29, 1.82) is 0 Å². The molecule has 0 spiro atoms. The Morgan fingerprint density at radius 3 is 2.29 bits per heavy atom. The summed E-state index contributed by atoms with van der Waals surface area (Å²) < 4.78 is 11.4. The Balaban J connectivity index is 2.96. The summed E-state index contributed by atoms with van der Waals surface area (Å²) in [5.74, 6) is 1.34. The van der Waals surface area contributed by atoms with Crippen molar-refractivity contribution < 1.29 is 9.47 Å². The van der Waals surface area contributed by atoms with Crippen LogP contribution < -0.4 is 14.8 Å². The van der Waals surface area contributed by atoms with Gasteiger partial charge in [-0.25, -0.2) is 0 Å². The molecular weight excluding hydrogens is 286 g/mol. The highest BCUT2D eigenvalue weighted by Crippen LogP contribution is 2.37. The van der Waals surface area contributed by atoms with Gasteiger partial charge in [0.15, 0.2) is 11.5 Å². The first-order chi connectivity index (χ1) is 9.80. The number of halogens is 1. The molecule has 3 nitrogen and oxygen atoms in total. The molecule has 0 saturated carbocycles. The van der Waals surface area contributed by atoms with Gasteiger partial charge in [0.2, 0.25) is 0 Å². The van der Waals surface area contributed by atoms with Crippen molar-refractivity contribution in [3.8, 4) is 11.5 Å². The fourth-order valence-electron chi connectivity index (χ4n) is 1.98. The van der Waals surface area contributed by atoms with Crippen molar-refractivity contribution in [3.05, 3.63) is 22.7 Å². The van der Waals surface area contributed by atoms with E-state index in [9.17, 15) is 0 Å². The molecule has 0 radical (unpaired) electrons. The maximum Gasteiger partial charge on any atom is 0.180 e. The van der Waals surface area contributed by atoms with Gasteiger partial charge in [0, 0.05) is 12.1 Å². The van der Waals surface area contributed by atoms with Gasteiger partial charge in [-0.1, -0.05) is 25.4 Å². The highest BCUT2D eigenvalue weighted by Gasteiger charge is 2.16. The van der Waals surface area contributed by atoms with E-state index in [-0.39, 0.29) is 11.6 Å². The van der Waals surface area contributed by atoms with E-state index in [4.69, 9.17) is 21.1 Å². The Bertz CT molecular complexity index is 451. The highest BCUT2D eigenvalue weighted by atomic mass is 35.5. The average molecular weight is 314 g/mol. The summed E-state index contributed by atoms with van der Waals surface area (Å²) in [6.07, 6.45) is 2.06. The van der Waals surface area contributed by atoms with Gasteiger partial charge in [0.05, 0.1) is 18.2 Å². The second-order valence-corrected chi connectivity index (χ2v) is 6.68. The Labute approximate surface area is 134 Å². The van der Waals surface area contributed by atoms with Gasteiger partial charge in [-0.2, -0.15) is 0 Å². The molecule has 21 heavy (non-hydrogen) atoms. The molecule has 0 heterocycles. The lowest BCUT2D eigenvalue weighted by atomic mass is 10.1. The van der Waals surface area contributed by atoms with E-state index >= 15 is 0 Å². The van der Waals surface area contributed by atoms with E-state index in [0.717, 1.165) is 24.9 Å². The predicted molar refractivity (Wildman–Crippen MR) is 89.6 cm³/mol. The van der Waals surface area contributed by atoms with Gasteiger partial charge in [0.1, 0.15) is 0 Å². The standard InChI is InChI=1S/C17H28ClNO2/c1-7-13(8-2)21-16-14(18)9-12(10-15(16)20-6)11-19-17(3,4)5/h9-10,13,19H,7-8,11H2,1-6H3.